The number of nitrogens with zero attached hydrogens (tertiary/aromatic N) is 1. The third-order valence-electron chi connectivity index (χ3n) is 5.96. The predicted octanol–water partition coefficient (Wildman–Crippen LogP) is 5.20. The molecule has 0 aliphatic carbocycles. The molecule has 1 aliphatic heterocycles. The lowest BCUT2D eigenvalue weighted by molar-refractivity contribution is -0.139. The molecule has 4 rings (SSSR count). The Labute approximate surface area is 188 Å². The highest BCUT2D eigenvalue weighted by Gasteiger charge is 2.59. The maximum Gasteiger partial charge on any atom is 0.418 e. The number of ether oxygens (including phenoxy) is 1. The van der Waals surface area contributed by atoms with Crippen LogP contribution in [0.15, 0.2) is 91.0 Å². The van der Waals surface area contributed by atoms with Crippen LogP contribution in [0, 0.1) is 0 Å². The second-order valence-corrected chi connectivity index (χ2v) is 8.02. The van der Waals surface area contributed by atoms with Crippen molar-refractivity contribution in [1.29, 1.82) is 0 Å². The zero-order valence-electron chi connectivity index (χ0n) is 18.1. The Morgan fingerprint density at radius 3 is 1.94 bits per heavy atom. The van der Waals surface area contributed by atoms with E-state index in [0.29, 0.717) is 12.8 Å². The fourth-order valence-electron chi connectivity index (χ4n) is 4.42. The monoisotopic (exact) mass is 429 g/mol. The number of hydrogen-bond donors (Lipinski definition) is 1. The van der Waals surface area contributed by atoms with E-state index in [-0.39, 0.29) is 0 Å². The predicted molar refractivity (Wildman–Crippen MR) is 122 cm³/mol. The molecule has 0 bridgehead atoms. The van der Waals surface area contributed by atoms with Gasteiger partial charge in [-0.25, -0.2) is 9.69 Å². The van der Waals surface area contributed by atoms with Gasteiger partial charge in [-0.3, -0.25) is 4.79 Å². The quantitative estimate of drug-likeness (QED) is 0.560. The van der Waals surface area contributed by atoms with Crippen molar-refractivity contribution in [3.8, 4) is 0 Å². The van der Waals surface area contributed by atoms with Crippen LogP contribution >= 0.6 is 0 Å². The molecule has 32 heavy (non-hydrogen) atoms. The second-order valence-electron chi connectivity index (χ2n) is 8.02. The Morgan fingerprint density at radius 1 is 0.938 bits per heavy atom. The number of hydrogen-bond acceptors (Lipinski definition) is 4. The SMILES string of the molecule is CCCCC(O)C(=O)N1C(=O)OC(c2ccccc2)(c2ccccc2)[C@@H]1c1ccccc1. The molecule has 1 aliphatic rings. The molecule has 1 saturated heterocycles. The van der Waals surface area contributed by atoms with E-state index in [1.54, 1.807) is 0 Å². The molecule has 1 unspecified atom stereocenters. The second kappa shape index (κ2) is 9.37. The van der Waals surface area contributed by atoms with Crippen molar-refractivity contribution in [2.24, 2.45) is 0 Å². The van der Waals surface area contributed by atoms with Gasteiger partial charge in [0, 0.05) is 11.1 Å². The summed E-state index contributed by atoms with van der Waals surface area (Å²) < 4.78 is 6.13. The van der Waals surface area contributed by atoms with E-state index in [1.165, 1.54) is 0 Å². The summed E-state index contributed by atoms with van der Waals surface area (Å²) in [4.78, 5) is 27.8. The van der Waals surface area contributed by atoms with Gasteiger partial charge in [0.15, 0.2) is 5.60 Å². The van der Waals surface area contributed by atoms with E-state index >= 15 is 0 Å². The van der Waals surface area contributed by atoms with Gasteiger partial charge in [-0.05, 0) is 12.0 Å². The number of rotatable bonds is 7. The minimum absolute atomic E-state index is 0.296. The molecule has 2 atom stereocenters. The molecule has 5 heteroatoms. The topological polar surface area (TPSA) is 66.8 Å². The first-order valence-electron chi connectivity index (χ1n) is 11.0. The van der Waals surface area contributed by atoms with Crippen molar-refractivity contribution >= 4 is 12.0 Å². The molecule has 1 N–H and O–H groups in total. The average Bonchev–Trinajstić information content (AvgIpc) is 3.17. The Balaban J connectivity index is 1.93. The van der Waals surface area contributed by atoms with Gasteiger partial charge in [0.1, 0.15) is 12.1 Å². The fourth-order valence-corrected chi connectivity index (χ4v) is 4.42. The van der Waals surface area contributed by atoms with E-state index in [0.717, 1.165) is 28.0 Å². The van der Waals surface area contributed by atoms with Crippen molar-refractivity contribution < 1.29 is 19.4 Å². The number of aliphatic hydroxyl groups excluding tert-OH is 1. The first-order valence-corrected chi connectivity index (χ1v) is 11.0. The summed E-state index contributed by atoms with van der Waals surface area (Å²) in [5.74, 6) is -0.633. The largest absolute Gasteiger partial charge is 0.430 e. The summed E-state index contributed by atoms with van der Waals surface area (Å²) in [5, 5.41) is 10.6. The van der Waals surface area contributed by atoms with Gasteiger partial charge in [0.05, 0.1) is 0 Å². The molecule has 0 radical (unpaired) electrons. The molecule has 0 spiro atoms. The summed E-state index contributed by atoms with van der Waals surface area (Å²) in [7, 11) is 0. The van der Waals surface area contributed by atoms with Crippen molar-refractivity contribution in [1.82, 2.24) is 4.90 Å². The molecular weight excluding hydrogens is 402 g/mol. The van der Waals surface area contributed by atoms with Crippen LogP contribution in [0.2, 0.25) is 0 Å². The molecular formula is C27H27NO4. The zero-order chi connectivity index (χ0) is 22.6. The maximum absolute atomic E-state index is 13.4. The number of amides is 2. The first-order chi connectivity index (χ1) is 15.6. The van der Waals surface area contributed by atoms with Crippen LogP contribution in [0.4, 0.5) is 4.79 Å². The van der Waals surface area contributed by atoms with Gasteiger partial charge in [-0.15, -0.1) is 0 Å². The molecule has 3 aromatic carbocycles. The number of carbonyl (C=O) groups excluding carboxylic acids is 2. The third kappa shape index (κ3) is 3.80. The van der Waals surface area contributed by atoms with Crippen LogP contribution < -0.4 is 0 Å². The van der Waals surface area contributed by atoms with Gasteiger partial charge in [-0.1, -0.05) is 111 Å². The summed E-state index contributed by atoms with van der Waals surface area (Å²) in [6, 6.07) is 27.6. The van der Waals surface area contributed by atoms with Gasteiger partial charge in [0.25, 0.3) is 5.91 Å². The normalized spacial score (nSPS) is 18.2. The van der Waals surface area contributed by atoms with Gasteiger partial charge in [-0.2, -0.15) is 0 Å². The minimum Gasteiger partial charge on any atom is -0.430 e. The Kier molecular flexibility index (Phi) is 6.37. The Hall–Kier alpha value is -3.44. The van der Waals surface area contributed by atoms with Crippen LogP contribution in [-0.4, -0.2) is 28.1 Å². The number of aliphatic hydroxyl groups is 1. The number of unbranched alkanes of at least 4 members (excludes halogenated alkanes) is 1. The standard InChI is InChI=1S/C27H27NO4/c1-2-3-19-23(29)25(30)28-24(20-13-7-4-8-14-20)27(32-26(28)31,21-15-9-5-10-16-21)22-17-11-6-12-18-22/h4-18,23-24,29H,2-3,19H2,1H3/t23?,24-/m0/s1. The molecule has 5 nitrogen and oxygen atoms in total. The van der Waals surface area contributed by atoms with Gasteiger partial charge >= 0.3 is 6.09 Å². The van der Waals surface area contributed by atoms with E-state index in [9.17, 15) is 14.7 Å². The fraction of sp³-hybridized carbons (Fsp3) is 0.259. The molecule has 0 saturated carbocycles. The number of benzene rings is 3. The lowest BCUT2D eigenvalue weighted by atomic mass is 9.77. The summed E-state index contributed by atoms with van der Waals surface area (Å²) in [6.07, 6.45) is -0.198. The van der Waals surface area contributed by atoms with Crippen LogP contribution in [0.1, 0.15) is 48.9 Å². The van der Waals surface area contributed by atoms with E-state index in [1.807, 2.05) is 97.9 Å². The molecule has 2 amide bonds. The maximum atomic E-state index is 13.4. The Bertz CT molecular complexity index is 1010. The summed E-state index contributed by atoms with van der Waals surface area (Å²) in [6.45, 7) is 1.99. The van der Waals surface area contributed by atoms with E-state index in [2.05, 4.69) is 0 Å². The van der Waals surface area contributed by atoms with Crippen LogP contribution in [-0.2, 0) is 15.1 Å². The minimum atomic E-state index is -1.27. The van der Waals surface area contributed by atoms with E-state index < -0.39 is 29.7 Å². The third-order valence-corrected chi connectivity index (χ3v) is 5.96. The van der Waals surface area contributed by atoms with E-state index in [4.69, 9.17) is 4.74 Å². The van der Waals surface area contributed by atoms with Gasteiger partial charge in [0.2, 0.25) is 0 Å². The smallest absolute Gasteiger partial charge is 0.418 e. The van der Waals surface area contributed by atoms with Crippen molar-refractivity contribution in [2.75, 3.05) is 0 Å². The van der Waals surface area contributed by atoms with Crippen LogP contribution in [0.3, 0.4) is 0 Å². The number of carbonyl (C=O) groups is 2. The zero-order valence-corrected chi connectivity index (χ0v) is 18.1. The molecule has 1 heterocycles. The first kappa shape index (κ1) is 21.8. The highest BCUT2D eigenvalue weighted by Crippen LogP contribution is 2.52. The molecule has 164 valence electrons. The highest BCUT2D eigenvalue weighted by molar-refractivity contribution is 5.97. The average molecular weight is 430 g/mol. The van der Waals surface area contributed by atoms with Crippen LogP contribution in [0.5, 0.6) is 0 Å². The Morgan fingerprint density at radius 2 is 1.44 bits per heavy atom. The molecule has 1 fully saturated rings. The van der Waals surface area contributed by atoms with Gasteiger partial charge < -0.3 is 9.84 Å². The molecule has 0 aromatic heterocycles. The van der Waals surface area contributed by atoms with Crippen molar-refractivity contribution in [2.45, 2.75) is 43.9 Å². The molecule has 3 aromatic rings. The highest BCUT2D eigenvalue weighted by atomic mass is 16.6. The van der Waals surface area contributed by atoms with Crippen LogP contribution in [0.25, 0.3) is 0 Å². The number of imide groups is 1. The van der Waals surface area contributed by atoms with Crippen molar-refractivity contribution in [3.05, 3.63) is 108 Å². The lowest BCUT2D eigenvalue weighted by Gasteiger charge is -2.36. The number of cyclic esters (lactones) is 1. The van der Waals surface area contributed by atoms with Crippen molar-refractivity contribution in [3.63, 3.8) is 0 Å². The summed E-state index contributed by atoms with van der Waals surface area (Å²) >= 11 is 0. The lowest BCUT2D eigenvalue weighted by Crippen LogP contribution is -2.44. The summed E-state index contributed by atoms with van der Waals surface area (Å²) in [5.41, 5.74) is 1.02.